The molecule has 1 aromatic heterocycles. The van der Waals surface area contributed by atoms with Crippen LogP contribution in [0.1, 0.15) is 22.4 Å². The fourth-order valence-electron chi connectivity index (χ4n) is 2.69. The Labute approximate surface area is 141 Å². The minimum atomic E-state index is -0.360. The maximum Gasteiger partial charge on any atom is 0.266 e. The second kappa shape index (κ2) is 6.39. The number of aromatic amines is 1. The van der Waals surface area contributed by atoms with E-state index in [2.05, 4.69) is 20.9 Å². The molecule has 1 aliphatic rings. The molecule has 2 aromatic rings. The topological polar surface area (TPSA) is 77.0 Å². The van der Waals surface area contributed by atoms with E-state index >= 15 is 0 Å². The number of amides is 1. The standard InChI is InChI=1S/C17H14BrN3O2/c18-14-3-1-11(2-4-14)7-16(22)21-6-5-15-13(10-21)8-12(9-19)17(23)20-15/h1-4,8H,5-7,10H2,(H,20,23). The van der Waals surface area contributed by atoms with Gasteiger partial charge in [-0.05, 0) is 29.3 Å². The van der Waals surface area contributed by atoms with Gasteiger partial charge in [0.25, 0.3) is 5.56 Å². The minimum Gasteiger partial charge on any atom is -0.338 e. The molecule has 0 bridgehead atoms. The van der Waals surface area contributed by atoms with E-state index in [0.29, 0.717) is 25.9 Å². The predicted octanol–water partition coefficient (Wildman–Crippen LogP) is 2.14. The molecule has 3 rings (SSSR count). The Morgan fingerprint density at radius 1 is 1.35 bits per heavy atom. The summed E-state index contributed by atoms with van der Waals surface area (Å²) >= 11 is 3.37. The van der Waals surface area contributed by atoms with Gasteiger partial charge < -0.3 is 9.88 Å². The molecule has 0 unspecified atom stereocenters. The van der Waals surface area contributed by atoms with Gasteiger partial charge in [0.1, 0.15) is 11.6 Å². The average Bonchev–Trinajstić information content (AvgIpc) is 2.55. The molecule has 5 nitrogen and oxygen atoms in total. The number of hydrogen-bond donors (Lipinski definition) is 1. The smallest absolute Gasteiger partial charge is 0.266 e. The van der Waals surface area contributed by atoms with Crippen molar-refractivity contribution in [2.24, 2.45) is 0 Å². The van der Waals surface area contributed by atoms with Crippen LogP contribution in [-0.2, 0) is 24.2 Å². The van der Waals surface area contributed by atoms with E-state index in [9.17, 15) is 9.59 Å². The highest BCUT2D eigenvalue weighted by molar-refractivity contribution is 9.10. The minimum absolute atomic E-state index is 0.0441. The Bertz CT molecular complexity index is 850. The number of carbonyl (C=O) groups is 1. The van der Waals surface area contributed by atoms with E-state index in [4.69, 9.17) is 5.26 Å². The van der Waals surface area contributed by atoms with E-state index < -0.39 is 0 Å². The van der Waals surface area contributed by atoms with Gasteiger partial charge >= 0.3 is 0 Å². The summed E-state index contributed by atoms with van der Waals surface area (Å²) < 4.78 is 0.980. The SMILES string of the molecule is N#Cc1cc2c([nH]c1=O)CCN(C(=O)Cc1ccc(Br)cc1)C2. The van der Waals surface area contributed by atoms with Crippen LogP contribution >= 0.6 is 15.9 Å². The van der Waals surface area contributed by atoms with E-state index in [1.165, 1.54) is 0 Å². The largest absolute Gasteiger partial charge is 0.338 e. The van der Waals surface area contributed by atoms with Gasteiger partial charge in [0.15, 0.2) is 0 Å². The fraction of sp³-hybridized carbons (Fsp3) is 0.235. The first-order valence-corrected chi connectivity index (χ1v) is 8.03. The number of fused-ring (bicyclic) bond motifs is 1. The molecule has 2 heterocycles. The van der Waals surface area contributed by atoms with Crippen molar-refractivity contribution in [2.75, 3.05) is 6.54 Å². The number of hydrogen-bond acceptors (Lipinski definition) is 3. The predicted molar refractivity (Wildman–Crippen MR) is 88.7 cm³/mol. The third-order valence-corrected chi connectivity index (χ3v) is 4.48. The Hall–Kier alpha value is -2.39. The van der Waals surface area contributed by atoms with Gasteiger partial charge in [-0.3, -0.25) is 9.59 Å². The Balaban J connectivity index is 1.76. The number of pyridine rings is 1. The summed E-state index contributed by atoms with van der Waals surface area (Å²) in [5, 5.41) is 8.96. The molecule has 1 N–H and O–H groups in total. The molecule has 1 aromatic carbocycles. The fourth-order valence-corrected chi connectivity index (χ4v) is 2.96. The number of halogens is 1. The van der Waals surface area contributed by atoms with Crippen molar-refractivity contribution >= 4 is 21.8 Å². The van der Waals surface area contributed by atoms with Crippen LogP contribution < -0.4 is 5.56 Å². The maximum atomic E-state index is 12.5. The number of H-pyrrole nitrogens is 1. The highest BCUT2D eigenvalue weighted by Crippen LogP contribution is 2.18. The second-order valence-electron chi connectivity index (χ2n) is 5.50. The zero-order valence-electron chi connectivity index (χ0n) is 12.3. The summed E-state index contributed by atoms with van der Waals surface area (Å²) in [5.41, 5.74) is 2.35. The summed E-state index contributed by atoms with van der Waals surface area (Å²) in [7, 11) is 0. The van der Waals surface area contributed by atoms with Crippen LogP contribution in [0.4, 0.5) is 0 Å². The van der Waals surface area contributed by atoms with Gasteiger partial charge in [0.2, 0.25) is 5.91 Å². The lowest BCUT2D eigenvalue weighted by molar-refractivity contribution is -0.131. The van der Waals surface area contributed by atoms with Crippen LogP contribution in [0.15, 0.2) is 39.6 Å². The molecule has 6 heteroatoms. The molecule has 116 valence electrons. The van der Waals surface area contributed by atoms with Crippen molar-refractivity contribution in [3.8, 4) is 6.07 Å². The Morgan fingerprint density at radius 3 is 2.78 bits per heavy atom. The lowest BCUT2D eigenvalue weighted by Crippen LogP contribution is -2.38. The van der Waals surface area contributed by atoms with Gasteiger partial charge in [0, 0.05) is 29.7 Å². The number of rotatable bonds is 2. The number of nitrogens with zero attached hydrogens (tertiary/aromatic N) is 2. The zero-order chi connectivity index (χ0) is 16.4. The monoisotopic (exact) mass is 371 g/mol. The van der Waals surface area contributed by atoms with Crippen molar-refractivity contribution in [1.82, 2.24) is 9.88 Å². The van der Waals surface area contributed by atoms with Gasteiger partial charge in [0.05, 0.1) is 6.42 Å². The lowest BCUT2D eigenvalue weighted by Gasteiger charge is -2.28. The molecule has 1 aliphatic heterocycles. The number of aromatic nitrogens is 1. The van der Waals surface area contributed by atoms with Crippen LogP contribution in [0, 0.1) is 11.3 Å². The molecule has 0 spiro atoms. The number of benzene rings is 1. The molecular formula is C17H14BrN3O2. The Morgan fingerprint density at radius 2 is 2.09 bits per heavy atom. The number of carbonyl (C=O) groups excluding carboxylic acids is 1. The quantitative estimate of drug-likeness (QED) is 0.878. The van der Waals surface area contributed by atoms with Gasteiger partial charge in [-0.2, -0.15) is 5.26 Å². The highest BCUT2D eigenvalue weighted by atomic mass is 79.9. The van der Waals surface area contributed by atoms with E-state index in [1.807, 2.05) is 30.3 Å². The molecular weight excluding hydrogens is 358 g/mol. The highest BCUT2D eigenvalue weighted by Gasteiger charge is 2.22. The molecule has 0 fully saturated rings. The molecule has 0 saturated heterocycles. The average molecular weight is 372 g/mol. The van der Waals surface area contributed by atoms with E-state index in [-0.39, 0.29) is 17.0 Å². The summed E-state index contributed by atoms with van der Waals surface area (Å²) in [5.74, 6) is 0.0441. The third-order valence-electron chi connectivity index (χ3n) is 3.95. The molecule has 0 radical (unpaired) electrons. The summed E-state index contributed by atoms with van der Waals surface area (Å²) in [6.45, 7) is 1.00. The van der Waals surface area contributed by atoms with E-state index in [1.54, 1.807) is 11.0 Å². The van der Waals surface area contributed by atoms with Crippen molar-refractivity contribution in [2.45, 2.75) is 19.4 Å². The van der Waals surface area contributed by atoms with Crippen molar-refractivity contribution < 1.29 is 4.79 Å². The summed E-state index contributed by atoms with van der Waals surface area (Å²) in [6, 6.07) is 11.1. The van der Waals surface area contributed by atoms with E-state index in [0.717, 1.165) is 21.3 Å². The van der Waals surface area contributed by atoms with Crippen molar-refractivity contribution in [1.29, 1.82) is 5.26 Å². The normalized spacial score (nSPS) is 13.3. The van der Waals surface area contributed by atoms with Gasteiger partial charge in [-0.25, -0.2) is 0 Å². The van der Waals surface area contributed by atoms with Gasteiger partial charge in [-0.1, -0.05) is 28.1 Å². The molecule has 0 saturated carbocycles. The third kappa shape index (κ3) is 3.35. The van der Waals surface area contributed by atoms with Crippen LogP contribution in [0.25, 0.3) is 0 Å². The van der Waals surface area contributed by atoms with Crippen LogP contribution in [0.2, 0.25) is 0 Å². The van der Waals surface area contributed by atoms with Crippen LogP contribution in [-0.4, -0.2) is 22.3 Å². The first-order chi connectivity index (χ1) is 11.1. The number of nitriles is 1. The molecule has 0 aliphatic carbocycles. The first kappa shape index (κ1) is 15.5. The van der Waals surface area contributed by atoms with Gasteiger partial charge in [-0.15, -0.1) is 0 Å². The summed E-state index contributed by atoms with van der Waals surface area (Å²) in [6.07, 6.45) is 0.944. The Kier molecular flexibility index (Phi) is 4.30. The second-order valence-corrected chi connectivity index (χ2v) is 6.41. The lowest BCUT2D eigenvalue weighted by atomic mass is 10.0. The van der Waals surface area contributed by atoms with Crippen LogP contribution in [0.3, 0.4) is 0 Å². The molecule has 0 atom stereocenters. The summed E-state index contributed by atoms with van der Waals surface area (Å²) in [4.78, 5) is 28.6. The first-order valence-electron chi connectivity index (χ1n) is 7.24. The van der Waals surface area contributed by atoms with Crippen molar-refractivity contribution in [3.63, 3.8) is 0 Å². The maximum absolute atomic E-state index is 12.5. The molecule has 23 heavy (non-hydrogen) atoms. The molecule has 1 amide bonds. The van der Waals surface area contributed by atoms with Crippen molar-refractivity contribution in [3.05, 3.63) is 67.5 Å². The van der Waals surface area contributed by atoms with Crippen LogP contribution in [0.5, 0.6) is 0 Å². The number of nitrogens with one attached hydrogen (secondary N) is 1. The zero-order valence-corrected chi connectivity index (χ0v) is 13.9.